The van der Waals surface area contributed by atoms with Crippen molar-refractivity contribution in [2.45, 2.75) is 32.6 Å². The van der Waals surface area contributed by atoms with Gasteiger partial charge in [-0.1, -0.05) is 26.2 Å². The number of hydrogen-bond acceptors (Lipinski definition) is 4. The summed E-state index contributed by atoms with van der Waals surface area (Å²) < 4.78 is 13.4. The summed E-state index contributed by atoms with van der Waals surface area (Å²) in [6.07, 6.45) is 4.56. The van der Waals surface area contributed by atoms with Crippen LogP contribution in [0.25, 0.3) is 0 Å². The van der Waals surface area contributed by atoms with Crippen LogP contribution >= 0.6 is 0 Å². The van der Waals surface area contributed by atoms with E-state index in [-0.39, 0.29) is 11.5 Å². The van der Waals surface area contributed by atoms with E-state index < -0.39 is 11.7 Å². The number of hydrogen-bond donors (Lipinski definition) is 2. The van der Waals surface area contributed by atoms with Gasteiger partial charge in [0.25, 0.3) is 5.91 Å². The number of nitrogens with two attached hydrogens (primary N) is 1. The van der Waals surface area contributed by atoms with Crippen LogP contribution in [0.15, 0.2) is 18.2 Å². The molecule has 0 aromatic heterocycles. The molecule has 1 aliphatic heterocycles. The fraction of sp³-hybridized carbons (Fsp3) is 0.579. The topological polar surface area (TPSA) is 78.7 Å². The van der Waals surface area contributed by atoms with Crippen LogP contribution in [0.5, 0.6) is 0 Å². The summed E-state index contributed by atoms with van der Waals surface area (Å²) in [5, 5.41) is 2.96. The van der Waals surface area contributed by atoms with Gasteiger partial charge in [0.2, 0.25) is 5.91 Å². The van der Waals surface area contributed by atoms with Crippen molar-refractivity contribution in [3.05, 3.63) is 29.6 Å². The lowest BCUT2D eigenvalue weighted by molar-refractivity contribution is -0.122. The molecule has 3 N–H and O–H groups in total. The molecule has 0 radical (unpaired) electrons. The van der Waals surface area contributed by atoms with Gasteiger partial charge in [0.05, 0.1) is 12.1 Å². The molecule has 0 aliphatic carbocycles. The van der Waals surface area contributed by atoms with Gasteiger partial charge >= 0.3 is 0 Å². The Hall–Kier alpha value is -2.15. The second-order valence-corrected chi connectivity index (χ2v) is 6.70. The third kappa shape index (κ3) is 5.98. The van der Waals surface area contributed by atoms with Crippen molar-refractivity contribution in [3.8, 4) is 0 Å². The van der Waals surface area contributed by atoms with Crippen LogP contribution in [-0.2, 0) is 4.79 Å². The quantitative estimate of drug-likeness (QED) is 0.654. The van der Waals surface area contributed by atoms with E-state index >= 15 is 0 Å². The summed E-state index contributed by atoms with van der Waals surface area (Å²) in [5.41, 5.74) is 6.21. The van der Waals surface area contributed by atoms with Crippen LogP contribution in [0.2, 0.25) is 0 Å². The molecule has 0 bridgehead atoms. The van der Waals surface area contributed by atoms with E-state index in [2.05, 4.69) is 17.1 Å². The number of piperazine rings is 1. The summed E-state index contributed by atoms with van der Waals surface area (Å²) in [4.78, 5) is 27.7. The van der Waals surface area contributed by atoms with Crippen molar-refractivity contribution in [3.63, 3.8) is 0 Å². The van der Waals surface area contributed by atoms with E-state index in [9.17, 15) is 14.0 Å². The zero-order chi connectivity index (χ0) is 18.9. The molecule has 1 aliphatic rings. The number of carbonyl (C=O) groups excluding carboxylic acids is 2. The molecule has 26 heavy (non-hydrogen) atoms. The number of unbranched alkanes of at least 4 members (excludes halogenated alkanes) is 3. The van der Waals surface area contributed by atoms with Crippen LogP contribution in [0, 0.1) is 5.82 Å². The molecule has 1 aromatic rings. The number of primary amides is 1. The van der Waals surface area contributed by atoms with E-state index in [1.54, 1.807) is 6.07 Å². The fourth-order valence-corrected chi connectivity index (χ4v) is 3.17. The lowest BCUT2D eigenvalue weighted by Gasteiger charge is -2.36. The highest BCUT2D eigenvalue weighted by atomic mass is 19.1. The summed E-state index contributed by atoms with van der Waals surface area (Å²) >= 11 is 0. The first-order valence-electron chi connectivity index (χ1n) is 9.34. The Morgan fingerprint density at radius 3 is 2.54 bits per heavy atom. The maximum atomic E-state index is 13.4. The molecule has 1 fully saturated rings. The minimum atomic E-state index is -0.635. The van der Waals surface area contributed by atoms with Crippen molar-refractivity contribution in [2.24, 2.45) is 5.73 Å². The monoisotopic (exact) mass is 364 g/mol. The van der Waals surface area contributed by atoms with E-state index in [1.165, 1.54) is 25.0 Å². The number of amides is 2. The van der Waals surface area contributed by atoms with Gasteiger partial charge in [0.1, 0.15) is 5.82 Å². The number of nitrogens with zero attached hydrogens (tertiary/aromatic N) is 2. The molecular weight excluding hydrogens is 335 g/mol. The maximum Gasteiger partial charge on any atom is 0.250 e. The molecule has 144 valence electrons. The van der Waals surface area contributed by atoms with Gasteiger partial charge < -0.3 is 16.0 Å². The highest BCUT2D eigenvalue weighted by Gasteiger charge is 2.22. The third-order valence-corrected chi connectivity index (χ3v) is 4.66. The number of carbonyl (C=O) groups is 2. The third-order valence-electron chi connectivity index (χ3n) is 4.66. The molecule has 0 unspecified atom stereocenters. The Balaban J connectivity index is 1.79. The van der Waals surface area contributed by atoms with Crippen molar-refractivity contribution < 1.29 is 14.0 Å². The minimum absolute atomic E-state index is 0.0505. The first kappa shape index (κ1) is 20.2. The Bertz CT molecular complexity index is 616. The molecule has 1 saturated heterocycles. The predicted molar refractivity (Wildman–Crippen MR) is 101 cm³/mol. The summed E-state index contributed by atoms with van der Waals surface area (Å²) in [6, 6.07) is 4.10. The van der Waals surface area contributed by atoms with Crippen LogP contribution in [-0.4, -0.2) is 56.0 Å². The Morgan fingerprint density at radius 2 is 1.88 bits per heavy atom. The molecule has 0 saturated carbocycles. The van der Waals surface area contributed by atoms with Gasteiger partial charge in [-0.05, 0) is 24.6 Å². The average molecular weight is 364 g/mol. The van der Waals surface area contributed by atoms with Gasteiger partial charge in [-0.3, -0.25) is 14.5 Å². The highest BCUT2D eigenvalue weighted by Crippen LogP contribution is 2.22. The largest absolute Gasteiger partial charge is 0.368 e. The number of anilines is 1. The number of nitrogens with one attached hydrogen (secondary N) is 1. The maximum absolute atomic E-state index is 13.4. The molecule has 2 rings (SSSR count). The zero-order valence-corrected chi connectivity index (χ0v) is 15.5. The van der Waals surface area contributed by atoms with E-state index in [4.69, 9.17) is 5.73 Å². The SMILES string of the molecule is CCCCCCNC(=O)CN1CCN(c2ccc(F)cc2C(N)=O)CC1. The van der Waals surface area contributed by atoms with E-state index in [1.807, 2.05) is 4.90 Å². The highest BCUT2D eigenvalue weighted by molar-refractivity contribution is 5.98. The molecule has 1 heterocycles. The van der Waals surface area contributed by atoms with Crippen molar-refractivity contribution in [1.82, 2.24) is 10.2 Å². The number of halogens is 1. The predicted octanol–water partition coefficient (Wildman–Crippen LogP) is 1.74. The van der Waals surface area contributed by atoms with Crippen LogP contribution in [0.3, 0.4) is 0 Å². The zero-order valence-electron chi connectivity index (χ0n) is 15.5. The molecular formula is C19H29FN4O2. The second kappa shape index (κ2) is 10.1. The fourth-order valence-electron chi connectivity index (χ4n) is 3.17. The van der Waals surface area contributed by atoms with Crippen molar-refractivity contribution in [1.29, 1.82) is 0 Å². The molecule has 1 aromatic carbocycles. The van der Waals surface area contributed by atoms with Crippen molar-refractivity contribution in [2.75, 3.05) is 44.2 Å². The van der Waals surface area contributed by atoms with E-state index in [0.29, 0.717) is 38.4 Å². The van der Waals surface area contributed by atoms with E-state index in [0.717, 1.165) is 19.4 Å². The first-order valence-corrected chi connectivity index (χ1v) is 9.34. The van der Waals surface area contributed by atoms with Crippen LogP contribution in [0.4, 0.5) is 10.1 Å². The average Bonchev–Trinajstić information content (AvgIpc) is 2.62. The summed E-state index contributed by atoms with van der Waals surface area (Å²) in [7, 11) is 0. The molecule has 0 atom stereocenters. The lowest BCUT2D eigenvalue weighted by atomic mass is 10.1. The Kier molecular flexibility index (Phi) is 7.84. The molecule has 0 spiro atoms. The number of rotatable bonds is 9. The second-order valence-electron chi connectivity index (χ2n) is 6.70. The summed E-state index contributed by atoms with van der Waals surface area (Å²) in [5.74, 6) is -1.06. The standard InChI is InChI=1S/C19H29FN4O2/c1-2-3-4-5-8-22-18(25)14-23-9-11-24(12-10-23)17-7-6-15(20)13-16(17)19(21)26/h6-7,13H,2-5,8-12,14H2,1H3,(H2,21,26)(H,22,25). The first-order chi connectivity index (χ1) is 12.5. The van der Waals surface area contributed by atoms with Gasteiger partial charge in [0.15, 0.2) is 0 Å². The summed E-state index contributed by atoms with van der Waals surface area (Å²) in [6.45, 7) is 6.02. The lowest BCUT2D eigenvalue weighted by Crippen LogP contribution is -2.50. The van der Waals surface area contributed by atoms with Gasteiger partial charge in [-0.25, -0.2) is 4.39 Å². The van der Waals surface area contributed by atoms with Crippen molar-refractivity contribution >= 4 is 17.5 Å². The molecule has 6 nitrogen and oxygen atoms in total. The normalized spacial score (nSPS) is 15.1. The molecule has 7 heteroatoms. The smallest absolute Gasteiger partial charge is 0.250 e. The van der Waals surface area contributed by atoms with Crippen LogP contribution < -0.4 is 16.0 Å². The minimum Gasteiger partial charge on any atom is -0.368 e. The van der Waals surface area contributed by atoms with Crippen LogP contribution in [0.1, 0.15) is 43.0 Å². The van der Waals surface area contributed by atoms with Gasteiger partial charge in [0, 0.05) is 38.4 Å². The van der Waals surface area contributed by atoms with Gasteiger partial charge in [-0.15, -0.1) is 0 Å². The Morgan fingerprint density at radius 1 is 1.15 bits per heavy atom. The molecule has 2 amide bonds. The van der Waals surface area contributed by atoms with Gasteiger partial charge in [-0.2, -0.15) is 0 Å². The number of benzene rings is 1. The Labute approximate surface area is 154 Å².